The van der Waals surface area contributed by atoms with E-state index >= 15 is 0 Å². The van der Waals surface area contributed by atoms with Crippen molar-refractivity contribution < 1.29 is 9.59 Å². The van der Waals surface area contributed by atoms with Crippen LogP contribution in [-0.4, -0.2) is 41.4 Å². The molecule has 29 heavy (non-hydrogen) atoms. The van der Waals surface area contributed by atoms with E-state index in [0.717, 1.165) is 36.6 Å². The number of anilines is 2. The van der Waals surface area contributed by atoms with Crippen molar-refractivity contribution in [1.29, 1.82) is 0 Å². The van der Waals surface area contributed by atoms with Gasteiger partial charge < -0.3 is 5.32 Å². The SMILES string of the molecule is CC(=O)C1CC(C(=O)Nc2ccccc2CN2CCCC2)=NN1c1ccccc1. The smallest absolute Gasteiger partial charge is 0.271 e. The molecule has 6 nitrogen and oxygen atoms in total. The minimum Gasteiger partial charge on any atom is -0.321 e. The monoisotopic (exact) mass is 390 g/mol. The number of nitrogens with one attached hydrogen (secondary N) is 1. The fourth-order valence-electron chi connectivity index (χ4n) is 3.94. The van der Waals surface area contributed by atoms with Crippen LogP contribution in [-0.2, 0) is 16.1 Å². The molecule has 2 aromatic carbocycles. The average Bonchev–Trinajstić information content (AvgIpc) is 3.40. The van der Waals surface area contributed by atoms with Crippen molar-refractivity contribution in [2.75, 3.05) is 23.4 Å². The van der Waals surface area contributed by atoms with E-state index in [1.54, 1.807) is 11.9 Å². The molecule has 1 atom stereocenters. The van der Waals surface area contributed by atoms with Crippen LogP contribution < -0.4 is 10.3 Å². The van der Waals surface area contributed by atoms with Crippen LogP contribution in [0.25, 0.3) is 0 Å². The highest BCUT2D eigenvalue weighted by Crippen LogP contribution is 2.26. The van der Waals surface area contributed by atoms with Gasteiger partial charge in [0, 0.05) is 18.7 Å². The van der Waals surface area contributed by atoms with E-state index in [0.29, 0.717) is 12.1 Å². The number of Topliss-reactive ketones (excluding diaryl/α,β-unsaturated/α-hetero) is 1. The molecule has 2 aliphatic rings. The van der Waals surface area contributed by atoms with Crippen LogP contribution in [0.3, 0.4) is 0 Å². The standard InChI is InChI=1S/C23H26N4O2/c1-17(28)22-15-21(25-27(22)19-10-3-2-4-11-19)23(29)24-20-12-6-5-9-18(20)16-26-13-7-8-14-26/h2-6,9-12,22H,7-8,13-16H2,1H3,(H,24,29). The van der Waals surface area contributed by atoms with Gasteiger partial charge in [0.1, 0.15) is 11.8 Å². The van der Waals surface area contributed by atoms with Gasteiger partial charge in [-0.1, -0.05) is 36.4 Å². The summed E-state index contributed by atoms with van der Waals surface area (Å²) in [6, 6.07) is 17.0. The second-order valence-corrected chi connectivity index (χ2v) is 7.65. The summed E-state index contributed by atoms with van der Waals surface area (Å²) in [5, 5.41) is 9.18. The van der Waals surface area contributed by atoms with E-state index in [1.165, 1.54) is 12.8 Å². The Morgan fingerprint density at radius 3 is 2.45 bits per heavy atom. The number of likely N-dealkylation sites (tertiary alicyclic amines) is 1. The molecule has 2 heterocycles. The molecule has 0 saturated carbocycles. The van der Waals surface area contributed by atoms with Crippen LogP contribution in [0.15, 0.2) is 59.7 Å². The van der Waals surface area contributed by atoms with Gasteiger partial charge in [0.2, 0.25) is 0 Å². The lowest BCUT2D eigenvalue weighted by Crippen LogP contribution is -2.33. The number of rotatable bonds is 6. The molecule has 1 unspecified atom stereocenters. The average molecular weight is 390 g/mol. The summed E-state index contributed by atoms with van der Waals surface area (Å²) in [6.45, 7) is 4.57. The lowest BCUT2D eigenvalue weighted by Gasteiger charge is -2.20. The maximum absolute atomic E-state index is 13.0. The largest absolute Gasteiger partial charge is 0.321 e. The Bertz CT molecular complexity index is 919. The van der Waals surface area contributed by atoms with Crippen molar-refractivity contribution in [3.8, 4) is 0 Å². The highest BCUT2D eigenvalue weighted by atomic mass is 16.2. The van der Waals surface area contributed by atoms with Crippen LogP contribution in [0, 0.1) is 0 Å². The number of hydrazone groups is 1. The molecule has 2 aromatic rings. The first-order valence-corrected chi connectivity index (χ1v) is 10.2. The quantitative estimate of drug-likeness (QED) is 0.821. The minimum absolute atomic E-state index is 0.00478. The molecule has 1 saturated heterocycles. The third-order valence-corrected chi connectivity index (χ3v) is 5.52. The number of carbonyl (C=O) groups is 2. The van der Waals surface area contributed by atoms with Crippen LogP contribution in [0.1, 0.15) is 31.7 Å². The molecule has 4 rings (SSSR count). The second-order valence-electron chi connectivity index (χ2n) is 7.65. The van der Waals surface area contributed by atoms with Crippen molar-refractivity contribution in [3.05, 3.63) is 60.2 Å². The van der Waals surface area contributed by atoms with Gasteiger partial charge in [0.25, 0.3) is 5.91 Å². The Morgan fingerprint density at radius 2 is 1.72 bits per heavy atom. The molecule has 0 radical (unpaired) electrons. The van der Waals surface area contributed by atoms with E-state index in [9.17, 15) is 9.59 Å². The van der Waals surface area contributed by atoms with E-state index < -0.39 is 6.04 Å². The summed E-state index contributed by atoms with van der Waals surface area (Å²) >= 11 is 0. The van der Waals surface area contributed by atoms with Crippen LogP contribution >= 0.6 is 0 Å². The predicted molar refractivity (Wildman–Crippen MR) is 115 cm³/mol. The van der Waals surface area contributed by atoms with Crippen molar-refractivity contribution in [2.45, 2.75) is 38.8 Å². The lowest BCUT2D eigenvalue weighted by molar-refractivity contribution is -0.118. The number of amides is 1. The Morgan fingerprint density at radius 1 is 1.03 bits per heavy atom. The van der Waals surface area contributed by atoms with Crippen molar-refractivity contribution in [1.82, 2.24) is 4.90 Å². The zero-order valence-corrected chi connectivity index (χ0v) is 16.7. The van der Waals surface area contributed by atoms with Gasteiger partial charge in [-0.15, -0.1) is 0 Å². The molecular formula is C23H26N4O2. The second kappa shape index (κ2) is 8.57. The number of ketones is 1. The molecular weight excluding hydrogens is 364 g/mol. The summed E-state index contributed by atoms with van der Waals surface area (Å²) in [6.07, 6.45) is 2.77. The zero-order valence-electron chi connectivity index (χ0n) is 16.7. The van der Waals surface area contributed by atoms with Crippen molar-refractivity contribution in [3.63, 3.8) is 0 Å². The van der Waals surface area contributed by atoms with Crippen molar-refractivity contribution >= 4 is 28.8 Å². The van der Waals surface area contributed by atoms with E-state index in [2.05, 4.69) is 21.4 Å². The zero-order chi connectivity index (χ0) is 20.2. The summed E-state index contributed by atoms with van der Waals surface area (Å²) in [4.78, 5) is 27.5. The molecule has 2 aliphatic heterocycles. The number of benzene rings is 2. The molecule has 150 valence electrons. The van der Waals surface area contributed by atoms with E-state index in [-0.39, 0.29) is 11.7 Å². The third kappa shape index (κ3) is 4.38. The van der Waals surface area contributed by atoms with Crippen LogP contribution in [0.2, 0.25) is 0 Å². The van der Waals surface area contributed by atoms with Gasteiger partial charge in [-0.3, -0.25) is 19.5 Å². The van der Waals surface area contributed by atoms with Gasteiger partial charge in [-0.05, 0) is 56.6 Å². The van der Waals surface area contributed by atoms with Gasteiger partial charge in [-0.2, -0.15) is 5.10 Å². The first kappa shape index (κ1) is 19.3. The van der Waals surface area contributed by atoms with Crippen LogP contribution in [0.5, 0.6) is 0 Å². The fourth-order valence-corrected chi connectivity index (χ4v) is 3.94. The molecule has 6 heteroatoms. The Kier molecular flexibility index (Phi) is 5.71. The Labute approximate surface area is 171 Å². The summed E-state index contributed by atoms with van der Waals surface area (Å²) in [5.74, 6) is -0.251. The molecule has 0 aromatic heterocycles. The van der Waals surface area contributed by atoms with Gasteiger partial charge >= 0.3 is 0 Å². The highest BCUT2D eigenvalue weighted by Gasteiger charge is 2.34. The van der Waals surface area contributed by atoms with Gasteiger partial charge in [0.05, 0.1) is 5.69 Å². The molecule has 1 amide bonds. The number of hydrogen-bond donors (Lipinski definition) is 1. The summed E-state index contributed by atoms with van der Waals surface area (Å²) in [7, 11) is 0. The first-order valence-electron chi connectivity index (χ1n) is 10.2. The first-order chi connectivity index (χ1) is 14.1. The van der Waals surface area contributed by atoms with E-state index in [4.69, 9.17) is 0 Å². The number of hydrogen-bond acceptors (Lipinski definition) is 5. The maximum atomic E-state index is 13.0. The Hall–Kier alpha value is -2.99. The number of para-hydroxylation sites is 2. The maximum Gasteiger partial charge on any atom is 0.271 e. The molecule has 0 bridgehead atoms. The van der Waals surface area contributed by atoms with E-state index in [1.807, 2.05) is 48.5 Å². The summed E-state index contributed by atoms with van der Waals surface area (Å²) < 4.78 is 0. The lowest BCUT2D eigenvalue weighted by atomic mass is 10.1. The summed E-state index contributed by atoms with van der Waals surface area (Å²) in [5.41, 5.74) is 3.10. The van der Waals surface area contributed by atoms with Crippen molar-refractivity contribution in [2.24, 2.45) is 5.10 Å². The minimum atomic E-state index is -0.446. The normalized spacial score (nSPS) is 19.3. The molecule has 0 aliphatic carbocycles. The fraction of sp³-hybridized carbons (Fsp3) is 0.348. The highest BCUT2D eigenvalue weighted by molar-refractivity contribution is 6.44. The molecule has 1 N–H and O–H groups in total. The predicted octanol–water partition coefficient (Wildman–Crippen LogP) is 3.44. The number of nitrogens with zero attached hydrogens (tertiary/aromatic N) is 3. The van der Waals surface area contributed by atoms with Gasteiger partial charge in [0.15, 0.2) is 5.78 Å². The number of carbonyl (C=O) groups excluding carboxylic acids is 2. The third-order valence-electron chi connectivity index (χ3n) is 5.52. The van der Waals surface area contributed by atoms with Crippen LogP contribution in [0.4, 0.5) is 11.4 Å². The van der Waals surface area contributed by atoms with Gasteiger partial charge in [-0.25, -0.2) is 0 Å². The Balaban J connectivity index is 1.52. The molecule has 0 spiro atoms. The molecule has 1 fully saturated rings. The topological polar surface area (TPSA) is 65.0 Å².